The van der Waals surface area contributed by atoms with Gasteiger partial charge in [0.05, 0.1) is 17.2 Å². The van der Waals surface area contributed by atoms with Gasteiger partial charge in [0.2, 0.25) is 0 Å². The van der Waals surface area contributed by atoms with Gasteiger partial charge in [-0.2, -0.15) is 0 Å². The molecule has 19 heavy (non-hydrogen) atoms. The molecule has 0 aromatic carbocycles. The van der Waals surface area contributed by atoms with Crippen molar-refractivity contribution in [2.24, 2.45) is 10.9 Å². The van der Waals surface area contributed by atoms with Crippen LogP contribution in [0.1, 0.15) is 35.3 Å². The van der Waals surface area contributed by atoms with Gasteiger partial charge in [0, 0.05) is 25.0 Å². The Morgan fingerprint density at radius 3 is 2.89 bits per heavy atom. The summed E-state index contributed by atoms with van der Waals surface area (Å²) in [5.41, 5.74) is 1.14. The number of nitrogens with zero attached hydrogens (tertiary/aromatic N) is 3. The normalized spacial score (nSPS) is 20.7. The van der Waals surface area contributed by atoms with Gasteiger partial charge >= 0.3 is 0 Å². The fourth-order valence-corrected chi connectivity index (χ4v) is 3.49. The first-order valence-electron chi connectivity index (χ1n) is 6.98. The van der Waals surface area contributed by atoms with E-state index in [1.807, 2.05) is 7.05 Å². The number of likely N-dealkylation sites (tertiary alicyclic amines) is 1. The molecule has 1 aromatic rings. The summed E-state index contributed by atoms with van der Waals surface area (Å²) in [5, 5.41) is 4.61. The number of guanidine groups is 1. The van der Waals surface area contributed by atoms with E-state index in [2.05, 4.69) is 41.0 Å². The van der Waals surface area contributed by atoms with Crippen LogP contribution in [0.3, 0.4) is 0 Å². The fraction of sp³-hybridized carbons (Fsp3) is 0.714. The van der Waals surface area contributed by atoms with E-state index in [0.29, 0.717) is 0 Å². The Hall–Kier alpha value is -1.10. The Bertz CT molecular complexity index is 452. The molecule has 5 heteroatoms. The van der Waals surface area contributed by atoms with Gasteiger partial charge in [0.15, 0.2) is 5.96 Å². The first-order valence-corrected chi connectivity index (χ1v) is 7.80. The van der Waals surface area contributed by atoms with E-state index in [1.165, 1.54) is 17.7 Å². The Kier molecular flexibility index (Phi) is 4.80. The highest BCUT2D eigenvalue weighted by atomic mass is 32.1. The number of piperidine rings is 1. The lowest BCUT2D eigenvalue weighted by atomic mass is 10.0. The average Bonchev–Trinajstić information content (AvgIpc) is 2.69. The van der Waals surface area contributed by atoms with Gasteiger partial charge in [-0.05, 0) is 32.6 Å². The lowest BCUT2D eigenvalue weighted by Crippen LogP contribution is -2.45. The third-order valence-electron chi connectivity index (χ3n) is 3.58. The minimum atomic E-state index is 0.764. The Morgan fingerprint density at radius 2 is 2.32 bits per heavy atom. The maximum Gasteiger partial charge on any atom is 0.193 e. The number of hydrogen-bond acceptors (Lipinski definition) is 3. The molecule has 4 nitrogen and oxygen atoms in total. The first kappa shape index (κ1) is 14.3. The molecule has 1 fully saturated rings. The molecule has 0 aliphatic carbocycles. The lowest BCUT2D eigenvalue weighted by Gasteiger charge is -2.33. The number of aliphatic imine (C=N–C) groups is 1. The van der Waals surface area contributed by atoms with E-state index in [0.717, 1.165) is 42.2 Å². The Balaban J connectivity index is 1.94. The quantitative estimate of drug-likeness (QED) is 0.668. The first-order chi connectivity index (χ1) is 9.10. The summed E-state index contributed by atoms with van der Waals surface area (Å²) in [6, 6.07) is 0. The van der Waals surface area contributed by atoms with Gasteiger partial charge in [-0.3, -0.25) is 4.99 Å². The van der Waals surface area contributed by atoms with Gasteiger partial charge < -0.3 is 10.2 Å². The summed E-state index contributed by atoms with van der Waals surface area (Å²) in [6.07, 6.45) is 2.60. The summed E-state index contributed by atoms with van der Waals surface area (Å²) < 4.78 is 0. The molecule has 1 aliphatic heterocycles. The molecule has 0 bridgehead atoms. The maximum atomic E-state index is 4.46. The molecule has 1 aromatic heterocycles. The second-order valence-electron chi connectivity index (χ2n) is 5.34. The monoisotopic (exact) mass is 280 g/mol. The van der Waals surface area contributed by atoms with Gasteiger partial charge in [-0.25, -0.2) is 4.98 Å². The second-order valence-corrected chi connectivity index (χ2v) is 6.62. The van der Waals surface area contributed by atoms with Gasteiger partial charge in [0.25, 0.3) is 0 Å². The minimum Gasteiger partial charge on any atom is -0.351 e. The molecule has 2 rings (SSSR count). The maximum absolute atomic E-state index is 4.46. The van der Waals surface area contributed by atoms with Gasteiger partial charge in [-0.1, -0.05) is 6.92 Å². The highest BCUT2D eigenvalue weighted by Gasteiger charge is 2.19. The van der Waals surface area contributed by atoms with Crippen LogP contribution >= 0.6 is 11.3 Å². The molecular weight excluding hydrogens is 256 g/mol. The molecule has 1 atom stereocenters. The zero-order valence-electron chi connectivity index (χ0n) is 12.4. The van der Waals surface area contributed by atoms with Crippen molar-refractivity contribution in [1.29, 1.82) is 0 Å². The molecule has 0 saturated carbocycles. The predicted octanol–water partition coefficient (Wildman–Crippen LogP) is 2.57. The third kappa shape index (κ3) is 3.69. The van der Waals surface area contributed by atoms with E-state index in [-0.39, 0.29) is 0 Å². The van der Waals surface area contributed by atoms with Crippen LogP contribution in [0.5, 0.6) is 0 Å². The van der Waals surface area contributed by atoms with Crippen LogP contribution in [0, 0.1) is 19.8 Å². The summed E-state index contributed by atoms with van der Waals surface area (Å²) in [5.74, 6) is 1.79. The number of thiazole rings is 1. The predicted molar refractivity (Wildman–Crippen MR) is 81.8 cm³/mol. The van der Waals surface area contributed by atoms with Crippen molar-refractivity contribution < 1.29 is 0 Å². The minimum absolute atomic E-state index is 0.764. The van der Waals surface area contributed by atoms with E-state index < -0.39 is 0 Å². The third-order valence-corrected chi connectivity index (χ3v) is 4.65. The summed E-state index contributed by atoms with van der Waals surface area (Å²) >= 11 is 1.77. The smallest absolute Gasteiger partial charge is 0.193 e. The van der Waals surface area contributed by atoms with Crippen molar-refractivity contribution in [3.05, 3.63) is 15.6 Å². The van der Waals surface area contributed by atoms with Crippen LogP contribution in [0.2, 0.25) is 0 Å². The summed E-state index contributed by atoms with van der Waals surface area (Å²) in [7, 11) is 1.87. The van der Waals surface area contributed by atoms with E-state index in [9.17, 15) is 0 Å². The van der Waals surface area contributed by atoms with Crippen LogP contribution in [-0.2, 0) is 6.54 Å². The van der Waals surface area contributed by atoms with Crippen LogP contribution < -0.4 is 5.32 Å². The van der Waals surface area contributed by atoms with Crippen LogP contribution in [0.4, 0.5) is 0 Å². The van der Waals surface area contributed by atoms with Crippen LogP contribution in [-0.4, -0.2) is 36.0 Å². The summed E-state index contributed by atoms with van der Waals surface area (Å²) in [4.78, 5) is 12.6. The number of nitrogens with one attached hydrogen (secondary N) is 1. The molecule has 2 heterocycles. The number of rotatable bonds is 2. The second kappa shape index (κ2) is 6.37. The molecule has 1 aliphatic rings. The highest BCUT2D eigenvalue weighted by Crippen LogP contribution is 2.18. The van der Waals surface area contributed by atoms with Gasteiger partial charge in [0.1, 0.15) is 0 Å². The molecule has 0 spiro atoms. The zero-order valence-corrected chi connectivity index (χ0v) is 13.2. The largest absolute Gasteiger partial charge is 0.351 e. The zero-order chi connectivity index (χ0) is 13.8. The van der Waals surface area contributed by atoms with E-state index >= 15 is 0 Å². The Morgan fingerprint density at radius 1 is 1.53 bits per heavy atom. The molecule has 1 N–H and O–H groups in total. The highest BCUT2D eigenvalue weighted by molar-refractivity contribution is 7.11. The van der Waals surface area contributed by atoms with Crippen molar-refractivity contribution >= 4 is 17.3 Å². The van der Waals surface area contributed by atoms with Crippen molar-refractivity contribution in [1.82, 2.24) is 15.2 Å². The fourth-order valence-electron chi connectivity index (χ4n) is 2.61. The van der Waals surface area contributed by atoms with Crippen molar-refractivity contribution in [2.75, 3.05) is 20.1 Å². The van der Waals surface area contributed by atoms with Crippen molar-refractivity contribution in [2.45, 2.75) is 40.2 Å². The van der Waals surface area contributed by atoms with Crippen molar-refractivity contribution in [3.8, 4) is 0 Å². The van der Waals surface area contributed by atoms with Crippen molar-refractivity contribution in [3.63, 3.8) is 0 Å². The number of hydrogen-bond donors (Lipinski definition) is 1. The molecular formula is C14H24N4S. The average molecular weight is 280 g/mol. The molecule has 106 valence electrons. The van der Waals surface area contributed by atoms with E-state index in [4.69, 9.17) is 0 Å². The van der Waals surface area contributed by atoms with E-state index in [1.54, 1.807) is 11.3 Å². The molecule has 0 amide bonds. The molecule has 1 unspecified atom stereocenters. The topological polar surface area (TPSA) is 40.5 Å². The molecule has 1 saturated heterocycles. The SMILES string of the molecule is CN=C(NCc1sc(C)nc1C)N1CCCC(C)C1. The lowest BCUT2D eigenvalue weighted by molar-refractivity contribution is 0.266. The standard InChI is InChI=1S/C14H24N4S/c1-10-6-5-7-18(9-10)14(15-4)16-8-13-11(2)17-12(3)19-13/h10H,5-9H2,1-4H3,(H,15,16). The molecule has 0 radical (unpaired) electrons. The van der Waals surface area contributed by atoms with Crippen LogP contribution in [0.25, 0.3) is 0 Å². The number of aromatic nitrogens is 1. The van der Waals surface area contributed by atoms with Crippen LogP contribution in [0.15, 0.2) is 4.99 Å². The van der Waals surface area contributed by atoms with Gasteiger partial charge in [-0.15, -0.1) is 11.3 Å². The number of aryl methyl sites for hydroxylation is 2. The Labute approximate surface area is 120 Å². The summed E-state index contributed by atoms with van der Waals surface area (Å²) in [6.45, 7) is 9.50.